The first-order valence-electron chi connectivity index (χ1n) is 10.6. The maximum absolute atomic E-state index is 12.6. The van der Waals surface area contributed by atoms with Crippen molar-refractivity contribution in [1.29, 1.82) is 0 Å². The Hall–Kier alpha value is -2.97. The van der Waals surface area contributed by atoms with E-state index in [4.69, 9.17) is 23.2 Å². The number of ether oxygens (including phenoxy) is 1. The number of carbonyl (C=O) groups excluding carboxylic acids is 3. The van der Waals surface area contributed by atoms with Gasteiger partial charge in [-0.15, -0.1) is 0 Å². The lowest BCUT2D eigenvalue weighted by atomic mass is 10.2. The van der Waals surface area contributed by atoms with Crippen molar-refractivity contribution in [2.24, 2.45) is 0 Å². The summed E-state index contributed by atoms with van der Waals surface area (Å²) in [6.45, 7) is 2.44. The molecule has 1 fully saturated rings. The maximum Gasteiger partial charge on any atom is 0.322 e. The zero-order valence-corrected chi connectivity index (χ0v) is 19.8. The third-order valence-electron chi connectivity index (χ3n) is 5.29. The molecule has 0 unspecified atom stereocenters. The molecular formula is C23H26Cl2N4O4. The molecule has 2 aromatic rings. The molecule has 2 aromatic carbocycles. The van der Waals surface area contributed by atoms with Crippen molar-refractivity contribution in [1.82, 2.24) is 4.90 Å². The molecule has 0 aliphatic carbocycles. The van der Waals surface area contributed by atoms with Crippen molar-refractivity contribution in [3.05, 3.63) is 52.5 Å². The van der Waals surface area contributed by atoms with E-state index in [1.54, 1.807) is 23.1 Å². The number of piperazine rings is 1. The summed E-state index contributed by atoms with van der Waals surface area (Å²) in [5.41, 5.74) is 2.11. The van der Waals surface area contributed by atoms with Crippen LogP contribution in [0.3, 0.4) is 0 Å². The Balaban J connectivity index is 1.46. The molecular weight excluding hydrogens is 467 g/mol. The first-order valence-corrected chi connectivity index (χ1v) is 11.3. The third-order valence-corrected chi connectivity index (χ3v) is 5.92. The minimum absolute atomic E-state index is 0.148. The van der Waals surface area contributed by atoms with E-state index in [9.17, 15) is 14.4 Å². The standard InChI is InChI=1S/C23H26Cl2N4O4/c1-33-21(31)7-3-6-20(30)26-16-8-10-17(11-9-16)28-12-14-29(15-13-28)23(32)27-22-18(24)4-2-5-19(22)25/h2,4-5,8-11H,3,6-7,12-15H2,1H3,(H,26,30)(H,27,32). The molecule has 2 N–H and O–H groups in total. The Morgan fingerprint density at radius 1 is 0.909 bits per heavy atom. The first kappa shape index (κ1) is 24.7. The third kappa shape index (κ3) is 7.00. The van der Waals surface area contributed by atoms with Gasteiger partial charge in [-0.2, -0.15) is 0 Å². The fourth-order valence-corrected chi connectivity index (χ4v) is 3.94. The van der Waals surface area contributed by atoms with E-state index in [1.165, 1.54) is 7.11 Å². The number of nitrogens with zero attached hydrogens (tertiary/aromatic N) is 2. The van der Waals surface area contributed by atoms with Crippen LogP contribution >= 0.6 is 23.2 Å². The largest absolute Gasteiger partial charge is 0.469 e. The van der Waals surface area contributed by atoms with Gasteiger partial charge in [-0.3, -0.25) is 9.59 Å². The highest BCUT2D eigenvalue weighted by molar-refractivity contribution is 6.39. The zero-order chi connectivity index (χ0) is 23.8. The van der Waals surface area contributed by atoms with Gasteiger partial charge in [0.1, 0.15) is 0 Å². The van der Waals surface area contributed by atoms with Gasteiger partial charge < -0.3 is 25.2 Å². The topological polar surface area (TPSA) is 91.0 Å². The highest BCUT2D eigenvalue weighted by Crippen LogP contribution is 2.30. The number of amides is 3. The van der Waals surface area contributed by atoms with Crippen molar-refractivity contribution < 1.29 is 19.1 Å². The number of methoxy groups -OCH3 is 1. The van der Waals surface area contributed by atoms with E-state index in [1.807, 2.05) is 24.3 Å². The summed E-state index contributed by atoms with van der Waals surface area (Å²) in [7, 11) is 1.33. The van der Waals surface area contributed by atoms with Crippen LogP contribution in [0, 0.1) is 0 Å². The second-order valence-electron chi connectivity index (χ2n) is 7.53. The number of hydrogen-bond donors (Lipinski definition) is 2. The summed E-state index contributed by atoms with van der Waals surface area (Å²) in [5.74, 6) is -0.470. The van der Waals surface area contributed by atoms with Gasteiger partial charge in [0.25, 0.3) is 0 Å². The van der Waals surface area contributed by atoms with Gasteiger partial charge in [-0.25, -0.2) is 4.79 Å². The number of nitrogens with one attached hydrogen (secondary N) is 2. The van der Waals surface area contributed by atoms with Gasteiger partial charge in [-0.1, -0.05) is 29.3 Å². The molecule has 0 aromatic heterocycles. The number of esters is 1. The molecule has 1 heterocycles. The summed E-state index contributed by atoms with van der Waals surface area (Å²) >= 11 is 12.3. The minimum atomic E-state index is -0.322. The lowest BCUT2D eigenvalue weighted by molar-refractivity contribution is -0.140. The van der Waals surface area contributed by atoms with E-state index in [0.29, 0.717) is 54.0 Å². The Labute approximate surface area is 202 Å². The summed E-state index contributed by atoms with van der Waals surface area (Å²) in [6, 6.07) is 12.4. The number of rotatable bonds is 7. The smallest absolute Gasteiger partial charge is 0.322 e. The molecule has 176 valence electrons. The molecule has 0 bridgehead atoms. The highest BCUT2D eigenvalue weighted by Gasteiger charge is 2.22. The van der Waals surface area contributed by atoms with Crippen molar-refractivity contribution >= 4 is 58.2 Å². The van der Waals surface area contributed by atoms with Gasteiger partial charge in [-0.05, 0) is 42.8 Å². The van der Waals surface area contributed by atoms with Crippen LogP contribution in [0.1, 0.15) is 19.3 Å². The van der Waals surface area contributed by atoms with Crippen molar-refractivity contribution in [3.8, 4) is 0 Å². The Bertz CT molecular complexity index is 972. The average Bonchev–Trinajstić information content (AvgIpc) is 2.82. The van der Waals surface area contributed by atoms with E-state index < -0.39 is 0 Å². The van der Waals surface area contributed by atoms with E-state index in [2.05, 4.69) is 20.3 Å². The van der Waals surface area contributed by atoms with Gasteiger partial charge in [0.15, 0.2) is 0 Å². The van der Waals surface area contributed by atoms with Crippen molar-refractivity contribution in [3.63, 3.8) is 0 Å². The number of hydrogen-bond acceptors (Lipinski definition) is 5. The molecule has 1 aliphatic heterocycles. The number of carbonyl (C=O) groups is 3. The molecule has 0 radical (unpaired) electrons. The maximum atomic E-state index is 12.6. The molecule has 3 rings (SSSR count). The van der Waals surface area contributed by atoms with Crippen LogP contribution in [-0.2, 0) is 14.3 Å². The van der Waals surface area contributed by atoms with Gasteiger partial charge in [0.05, 0.1) is 22.8 Å². The van der Waals surface area contributed by atoms with E-state index >= 15 is 0 Å². The van der Waals surface area contributed by atoms with Crippen LogP contribution in [0.4, 0.5) is 21.9 Å². The number of benzene rings is 2. The molecule has 1 aliphatic rings. The lowest BCUT2D eigenvalue weighted by Gasteiger charge is -2.36. The Morgan fingerprint density at radius 2 is 1.55 bits per heavy atom. The van der Waals surface area contributed by atoms with Crippen molar-refractivity contribution in [2.75, 3.05) is 48.8 Å². The minimum Gasteiger partial charge on any atom is -0.469 e. The fraction of sp³-hybridized carbons (Fsp3) is 0.348. The molecule has 0 atom stereocenters. The quantitative estimate of drug-likeness (QED) is 0.549. The summed E-state index contributed by atoms with van der Waals surface area (Å²) in [4.78, 5) is 39.6. The molecule has 0 saturated carbocycles. The van der Waals surface area contributed by atoms with Gasteiger partial charge >= 0.3 is 12.0 Å². The van der Waals surface area contributed by atoms with Crippen molar-refractivity contribution in [2.45, 2.75) is 19.3 Å². The Kier molecular flexibility index (Phi) is 8.79. The fourth-order valence-electron chi connectivity index (χ4n) is 3.45. The van der Waals surface area contributed by atoms with Crippen LogP contribution in [-0.4, -0.2) is 56.1 Å². The molecule has 33 heavy (non-hydrogen) atoms. The SMILES string of the molecule is COC(=O)CCCC(=O)Nc1ccc(N2CCN(C(=O)Nc3c(Cl)cccc3Cl)CC2)cc1. The molecule has 8 nitrogen and oxygen atoms in total. The normalized spacial score (nSPS) is 13.4. The second kappa shape index (κ2) is 11.8. The van der Waals surface area contributed by atoms with E-state index in [-0.39, 0.29) is 30.7 Å². The summed E-state index contributed by atoms with van der Waals surface area (Å²) < 4.78 is 4.57. The summed E-state index contributed by atoms with van der Waals surface area (Å²) in [5, 5.41) is 6.40. The van der Waals surface area contributed by atoms with Gasteiger partial charge in [0.2, 0.25) is 5.91 Å². The number of para-hydroxylation sites is 1. The predicted molar refractivity (Wildman–Crippen MR) is 130 cm³/mol. The van der Waals surface area contributed by atoms with Gasteiger partial charge in [0, 0.05) is 50.4 Å². The summed E-state index contributed by atoms with van der Waals surface area (Å²) in [6.07, 6.45) is 0.912. The number of urea groups is 1. The van der Waals surface area contributed by atoms with Crippen LogP contribution in [0.25, 0.3) is 0 Å². The van der Waals surface area contributed by atoms with Crippen LogP contribution in [0.2, 0.25) is 10.0 Å². The van der Waals surface area contributed by atoms with E-state index in [0.717, 1.165) is 5.69 Å². The molecule has 1 saturated heterocycles. The predicted octanol–water partition coefficient (Wildman–Crippen LogP) is 4.63. The molecule has 10 heteroatoms. The Morgan fingerprint density at radius 3 is 2.15 bits per heavy atom. The van der Waals surface area contributed by atoms with Crippen LogP contribution in [0.15, 0.2) is 42.5 Å². The number of halogens is 2. The second-order valence-corrected chi connectivity index (χ2v) is 8.34. The lowest BCUT2D eigenvalue weighted by Crippen LogP contribution is -2.50. The average molecular weight is 493 g/mol. The number of anilines is 3. The molecule has 3 amide bonds. The van der Waals surface area contributed by atoms with Crippen LogP contribution < -0.4 is 15.5 Å². The highest BCUT2D eigenvalue weighted by atomic mass is 35.5. The monoisotopic (exact) mass is 492 g/mol. The molecule has 0 spiro atoms. The first-order chi connectivity index (χ1) is 15.9. The zero-order valence-electron chi connectivity index (χ0n) is 18.3. The van der Waals surface area contributed by atoms with Crippen LogP contribution in [0.5, 0.6) is 0 Å².